The van der Waals surface area contributed by atoms with E-state index in [4.69, 9.17) is 9.84 Å². The normalized spacial score (nSPS) is 12.1. The van der Waals surface area contributed by atoms with Crippen LogP contribution in [-0.4, -0.2) is 64.8 Å². The maximum atomic E-state index is 12.5. The van der Waals surface area contributed by atoms with Gasteiger partial charge in [-0.3, -0.25) is 9.59 Å². The average Bonchev–Trinajstić information content (AvgIpc) is 2.74. The number of alkyl carbamates (subject to hydrolysis) is 1. The molecule has 3 N–H and O–H groups in total. The summed E-state index contributed by atoms with van der Waals surface area (Å²) in [6.07, 6.45) is 4.27. The molecule has 10 heteroatoms. The standard InChI is InChI=1S/C22H34N2O5S3/c1-22(2,12-9-17-7-5-4-6-8-17)29-21(28)24-18(10-13-30-3)16-32-31-14-11-19(25)23-15-20(26)27/h4-8,18H,9-16H2,1-3H3,(H,23,25)(H,24,28)(H,26,27). The molecule has 0 aromatic heterocycles. The molecular formula is C22H34N2O5S3. The zero-order valence-electron chi connectivity index (χ0n) is 18.9. The Balaban J connectivity index is 2.36. The summed E-state index contributed by atoms with van der Waals surface area (Å²) in [5.41, 5.74) is 0.641. The van der Waals surface area contributed by atoms with E-state index in [-0.39, 0.29) is 24.9 Å². The molecule has 0 fully saturated rings. The summed E-state index contributed by atoms with van der Waals surface area (Å²) in [5, 5.41) is 13.9. The van der Waals surface area contributed by atoms with E-state index in [9.17, 15) is 14.4 Å². The highest BCUT2D eigenvalue weighted by molar-refractivity contribution is 8.76. The van der Waals surface area contributed by atoms with Gasteiger partial charge in [0.25, 0.3) is 0 Å². The smallest absolute Gasteiger partial charge is 0.407 e. The Kier molecular flexibility index (Phi) is 14.4. The molecule has 0 saturated heterocycles. The Morgan fingerprint density at radius 3 is 2.50 bits per heavy atom. The number of aryl methyl sites for hydroxylation is 1. The fraction of sp³-hybridized carbons (Fsp3) is 0.591. The molecule has 0 saturated carbocycles. The zero-order chi connectivity index (χ0) is 23.8. The number of carbonyl (C=O) groups is 3. The minimum absolute atomic E-state index is 0.0294. The van der Waals surface area contributed by atoms with Crippen LogP contribution < -0.4 is 10.6 Å². The first kappa shape index (κ1) is 28.5. The summed E-state index contributed by atoms with van der Waals surface area (Å²) >= 11 is 1.72. The minimum Gasteiger partial charge on any atom is -0.480 e. The lowest BCUT2D eigenvalue weighted by Gasteiger charge is -2.27. The van der Waals surface area contributed by atoms with Crippen LogP contribution in [0, 0.1) is 0 Å². The number of thioether (sulfide) groups is 1. The van der Waals surface area contributed by atoms with Gasteiger partial charge in [-0.2, -0.15) is 11.8 Å². The van der Waals surface area contributed by atoms with E-state index < -0.39 is 17.7 Å². The molecule has 0 bridgehead atoms. The van der Waals surface area contributed by atoms with Crippen LogP contribution in [0.1, 0.15) is 38.7 Å². The third-order valence-corrected chi connectivity index (χ3v) is 7.55. The molecule has 0 aliphatic carbocycles. The Morgan fingerprint density at radius 1 is 1.12 bits per heavy atom. The van der Waals surface area contributed by atoms with Gasteiger partial charge in [-0.25, -0.2) is 4.79 Å². The summed E-state index contributed by atoms with van der Waals surface area (Å²) < 4.78 is 5.70. The number of carboxylic acids is 1. The van der Waals surface area contributed by atoms with Crippen molar-refractivity contribution in [2.75, 3.05) is 30.1 Å². The quantitative estimate of drug-likeness (QED) is 0.228. The molecule has 2 amide bonds. The molecule has 180 valence electrons. The zero-order valence-corrected chi connectivity index (χ0v) is 21.4. The van der Waals surface area contributed by atoms with Crippen LogP contribution in [0.5, 0.6) is 0 Å². The molecule has 1 atom stereocenters. The Bertz CT molecular complexity index is 704. The fourth-order valence-corrected chi connectivity index (χ4v) is 5.43. The summed E-state index contributed by atoms with van der Waals surface area (Å²) in [4.78, 5) is 34.5. The summed E-state index contributed by atoms with van der Waals surface area (Å²) in [6.45, 7) is 3.49. The van der Waals surface area contributed by atoms with Crippen molar-refractivity contribution in [2.45, 2.75) is 51.2 Å². The minimum atomic E-state index is -1.06. The van der Waals surface area contributed by atoms with Gasteiger partial charge in [0.2, 0.25) is 5.91 Å². The van der Waals surface area contributed by atoms with Gasteiger partial charge in [-0.1, -0.05) is 51.9 Å². The van der Waals surface area contributed by atoms with E-state index in [0.717, 1.165) is 25.0 Å². The summed E-state index contributed by atoms with van der Waals surface area (Å²) in [7, 11) is 3.12. The van der Waals surface area contributed by atoms with Crippen molar-refractivity contribution >= 4 is 51.3 Å². The number of ether oxygens (including phenoxy) is 1. The number of hydrogen-bond acceptors (Lipinski definition) is 7. The third-order valence-electron chi connectivity index (χ3n) is 4.42. The molecular weight excluding hydrogens is 468 g/mol. The number of rotatable bonds is 16. The molecule has 0 radical (unpaired) electrons. The largest absolute Gasteiger partial charge is 0.480 e. The highest BCUT2D eigenvalue weighted by Crippen LogP contribution is 2.24. The maximum absolute atomic E-state index is 12.5. The van der Waals surface area contributed by atoms with Crippen LogP contribution in [0.2, 0.25) is 0 Å². The van der Waals surface area contributed by atoms with Crippen molar-refractivity contribution in [3.63, 3.8) is 0 Å². The van der Waals surface area contributed by atoms with Gasteiger partial charge in [-0.05, 0) is 50.7 Å². The first-order valence-corrected chi connectivity index (χ1v) is 14.4. The summed E-state index contributed by atoms with van der Waals surface area (Å²) in [5.74, 6) is 0.853. The van der Waals surface area contributed by atoms with Crippen molar-refractivity contribution in [3.05, 3.63) is 35.9 Å². The Labute approximate surface area is 203 Å². The summed E-state index contributed by atoms with van der Waals surface area (Å²) in [6, 6.07) is 10.1. The van der Waals surface area contributed by atoms with Crippen LogP contribution in [0.4, 0.5) is 4.79 Å². The molecule has 7 nitrogen and oxygen atoms in total. The van der Waals surface area contributed by atoms with Crippen molar-refractivity contribution in [3.8, 4) is 0 Å². The predicted octanol–water partition coefficient (Wildman–Crippen LogP) is 4.22. The SMILES string of the molecule is CSCCC(CSSCCC(=O)NCC(=O)O)NC(=O)OC(C)(C)CCc1ccccc1. The first-order valence-electron chi connectivity index (χ1n) is 10.5. The van der Waals surface area contributed by atoms with E-state index in [2.05, 4.69) is 22.8 Å². The lowest BCUT2D eigenvalue weighted by molar-refractivity contribution is -0.137. The average molecular weight is 503 g/mol. The second kappa shape index (κ2) is 16.1. The van der Waals surface area contributed by atoms with E-state index in [0.29, 0.717) is 11.5 Å². The molecule has 1 rings (SSSR count). The monoisotopic (exact) mass is 502 g/mol. The van der Waals surface area contributed by atoms with Crippen molar-refractivity contribution in [1.82, 2.24) is 10.6 Å². The van der Waals surface area contributed by atoms with E-state index in [1.165, 1.54) is 16.4 Å². The molecule has 1 unspecified atom stereocenters. The van der Waals surface area contributed by atoms with Gasteiger partial charge in [0, 0.05) is 24.0 Å². The van der Waals surface area contributed by atoms with Gasteiger partial charge in [0.1, 0.15) is 12.1 Å². The number of aliphatic carboxylic acids is 1. The number of nitrogens with one attached hydrogen (secondary N) is 2. The molecule has 0 spiro atoms. The lowest BCUT2D eigenvalue weighted by Crippen LogP contribution is -2.41. The highest BCUT2D eigenvalue weighted by Gasteiger charge is 2.24. The highest BCUT2D eigenvalue weighted by atomic mass is 33.1. The number of amides is 2. The second-order valence-corrected chi connectivity index (χ2v) is 11.4. The van der Waals surface area contributed by atoms with E-state index in [1.807, 2.05) is 38.3 Å². The van der Waals surface area contributed by atoms with Crippen molar-refractivity contribution < 1.29 is 24.2 Å². The van der Waals surface area contributed by atoms with Crippen LogP contribution in [0.25, 0.3) is 0 Å². The molecule has 32 heavy (non-hydrogen) atoms. The van der Waals surface area contributed by atoms with Gasteiger partial charge in [-0.15, -0.1) is 0 Å². The van der Waals surface area contributed by atoms with Gasteiger partial charge in [0.15, 0.2) is 0 Å². The number of benzene rings is 1. The number of hydrogen-bond donors (Lipinski definition) is 3. The molecule has 1 aromatic rings. The van der Waals surface area contributed by atoms with E-state index >= 15 is 0 Å². The fourth-order valence-electron chi connectivity index (χ4n) is 2.63. The topological polar surface area (TPSA) is 105 Å². The molecule has 0 aliphatic heterocycles. The van der Waals surface area contributed by atoms with Crippen LogP contribution >= 0.6 is 33.3 Å². The second-order valence-electron chi connectivity index (χ2n) is 7.78. The van der Waals surface area contributed by atoms with Gasteiger partial charge >= 0.3 is 12.1 Å². The Hall–Kier alpha value is -1.52. The van der Waals surface area contributed by atoms with Crippen LogP contribution in [0.3, 0.4) is 0 Å². The first-order chi connectivity index (χ1) is 15.2. The van der Waals surface area contributed by atoms with Gasteiger partial charge < -0.3 is 20.5 Å². The van der Waals surface area contributed by atoms with Crippen molar-refractivity contribution in [2.24, 2.45) is 0 Å². The predicted molar refractivity (Wildman–Crippen MR) is 135 cm³/mol. The van der Waals surface area contributed by atoms with Crippen LogP contribution in [0.15, 0.2) is 30.3 Å². The molecule has 0 heterocycles. The van der Waals surface area contributed by atoms with Gasteiger partial charge in [0.05, 0.1) is 0 Å². The maximum Gasteiger partial charge on any atom is 0.407 e. The van der Waals surface area contributed by atoms with Crippen molar-refractivity contribution in [1.29, 1.82) is 0 Å². The third kappa shape index (κ3) is 14.5. The number of carbonyl (C=O) groups excluding carboxylic acids is 2. The van der Waals surface area contributed by atoms with Crippen LogP contribution in [-0.2, 0) is 20.7 Å². The Morgan fingerprint density at radius 2 is 1.84 bits per heavy atom. The number of carboxylic acid groups (broad SMARTS) is 1. The molecule has 1 aromatic carbocycles. The lowest BCUT2D eigenvalue weighted by atomic mass is 9.99. The van der Waals surface area contributed by atoms with E-state index in [1.54, 1.807) is 22.6 Å². The molecule has 0 aliphatic rings.